The van der Waals surface area contributed by atoms with Crippen LogP contribution in [-0.2, 0) is 23.8 Å². The monoisotopic (exact) mass is 397 g/mol. The lowest BCUT2D eigenvalue weighted by atomic mass is 10.2. The fourth-order valence-corrected chi connectivity index (χ4v) is 2.90. The summed E-state index contributed by atoms with van der Waals surface area (Å²) in [6.45, 7) is 4.80. The average Bonchev–Trinajstić information content (AvgIpc) is 2.83. The lowest BCUT2D eigenvalue weighted by Crippen LogP contribution is -2.59. The number of rotatable bonds is 4. The van der Waals surface area contributed by atoms with Crippen molar-refractivity contribution in [3.63, 3.8) is 0 Å². The van der Waals surface area contributed by atoms with Gasteiger partial charge in [-0.25, -0.2) is 24.0 Å². The summed E-state index contributed by atoms with van der Waals surface area (Å²) < 4.78 is 51.2. The second-order valence-electron chi connectivity index (χ2n) is 7.10. The Labute approximate surface area is 151 Å². The van der Waals surface area contributed by atoms with Crippen molar-refractivity contribution in [2.45, 2.75) is 38.8 Å². The summed E-state index contributed by atoms with van der Waals surface area (Å²) in [7, 11) is -3.65. The molecule has 0 aliphatic carbocycles. The highest BCUT2D eigenvalue weighted by Gasteiger charge is 2.41. The highest BCUT2D eigenvalue weighted by molar-refractivity contribution is 7.85. The largest absolute Gasteiger partial charge is 0.444 e. The maximum absolute atomic E-state index is 14.4. The maximum atomic E-state index is 14.4. The number of amides is 2. The average molecular weight is 397 g/mol. The van der Waals surface area contributed by atoms with Gasteiger partial charge in [0.25, 0.3) is 10.1 Å². The minimum Gasteiger partial charge on any atom is -0.444 e. The van der Waals surface area contributed by atoms with Gasteiger partial charge in [0.05, 0.1) is 19.3 Å². The number of halogens is 1. The first-order valence-corrected chi connectivity index (χ1v) is 9.88. The molecule has 2 heterocycles. The molecule has 2 fully saturated rings. The molecule has 0 N–H and O–H groups in total. The molecule has 0 aromatic rings. The molecular formula is C14H24FN3O7S. The van der Waals surface area contributed by atoms with Gasteiger partial charge in [0.1, 0.15) is 18.3 Å². The van der Waals surface area contributed by atoms with Crippen molar-refractivity contribution in [2.24, 2.45) is 0 Å². The molecule has 2 saturated heterocycles. The molecule has 0 aromatic carbocycles. The van der Waals surface area contributed by atoms with Crippen LogP contribution >= 0.6 is 0 Å². The van der Waals surface area contributed by atoms with E-state index in [1.165, 1.54) is 10.0 Å². The standard InChI is InChI=1S/C14H24FN3O7S/c1-14(2,3)25-12(19)17-6-5-16(8-11(17)15)18-7-10(24-13(18)20)9-23-26(4,21)22/h10-11H,5-9H2,1-4H3. The Hall–Kier alpha value is -1.66. The Morgan fingerprint density at radius 1 is 1.31 bits per heavy atom. The fraction of sp³-hybridized carbons (Fsp3) is 0.857. The Kier molecular flexibility index (Phi) is 5.98. The topological polar surface area (TPSA) is 106 Å². The normalized spacial score (nSPS) is 25.3. The number of hydrogen-bond acceptors (Lipinski definition) is 8. The number of carbonyl (C=O) groups is 2. The van der Waals surface area contributed by atoms with Gasteiger partial charge in [0.15, 0.2) is 6.30 Å². The molecule has 10 nitrogen and oxygen atoms in total. The van der Waals surface area contributed by atoms with Crippen molar-refractivity contribution >= 4 is 22.3 Å². The van der Waals surface area contributed by atoms with Gasteiger partial charge >= 0.3 is 12.2 Å². The van der Waals surface area contributed by atoms with Gasteiger partial charge in [-0.3, -0.25) is 9.08 Å². The van der Waals surface area contributed by atoms with E-state index in [1.807, 2.05) is 0 Å². The second kappa shape index (κ2) is 7.53. The summed E-state index contributed by atoms with van der Waals surface area (Å²) in [5.41, 5.74) is -0.737. The maximum Gasteiger partial charge on any atom is 0.425 e. The van der Waals surface area contributed by atoms with Crippen LogP contribution in [0.25, 0.3) is 0 Å². The summed E-state index contributed by atoms with van der Waals surface area (Å²) in [6, 6.07) is 0. The molecule has 26 heavy (non-hydrogen) atoms. The third-order valence-corrected chi connectivity index (χ3v) is 4.16. The van der Waals surface area contributed by atoms with Crippen molar-refractivity contribution in [1.29, 1.82) is 0 Å². The van der Waals surface area contributed by atoms with Crippen LogP contribution in [0.5, 0.6) is 0 Å². The van der Waals surface area contributed by atoms with E-state index in [9.17, 15) is 22.4 Å². The van der Waals surface area contributed by atoms with Gasteiger partial charge in [0, 0.05) is 13.1 Å². The molecule has 2 rings (SSSR count). The second-order valence-corrected chi connectivity index (χ2v) is 8.74. The minimum atomic E-state index is -3.65. The molecule has 0 aromatic heterocycles. The van der Waals surface area contributed by atoms with Crippen LogP contribution < -0.4 is 0 Å². The van der Waals surface area contributed by atoms with Crippen LogP contribution in [-0.4, -0.2) is 92.6 Å². The quantitative estimate of drug-likeness (QED) is 0.500. The van der Waals surface area contributed by atoms with Crippen molar-refractivity contribution in [2.75, 3.05) is 39.0 Å². The van der Waals surface area contributed by atoms with Crippen LogP contribution in [0, 0.1) is 0 Å². The molecule has 2 aliphatic rings. The van der Waals surface area contributed by atoms with Gasteiger partial charge in [-0.15, -0.1) is 0 Å². The van der Waals surface area contributed by atoms with Gasteiger partial charge in [0.2, 0.25) is 0 Å². The Bertz CT molecular complexity index is 651. The molecule has 0 radical (unpaired) electrons. The fourth-order valence-electron chi connectivity index (χ4n) is 2.50. The van der Waals surface area contributed by atoms with Gasteiger partial charge in [-0.2, -0.15) is 8.42 Å². The van der Waals surface area contributed by atoms with Crippen molar-refractivity contribution < 1.29 is 36.1 Å². The van der Waals surface area contributed by atoms with Crippen LogP contribution in [0.3, 0.4) is 0 Å². The van der Waals surface area contributed by atoms with Gasteiger partial charge < -0.3 is 9.47 Å². The smallest absolute Gasteiger partial charge is 0.425 e. The van der Waals surface area contributed by atoms with Crippen LogP contribution in [0.1, 0.15) is 20.8 Å². The molecular weight excluding hydrogens is 373 g/mol. The molecule has 0 bridgehead atoms. The zero-order chi connectivity index (χ0) is 19.7. The van der Waals surface area contributed by atoms with Crippen LogP contribution in [0.2, 0.25) is 0 Å². The molecule has 0 spiro atoms. The number of ether oxygens (including phenoxy) is 2. The van der Waals surface area contributed by atoms with Crippen LogP contribution in [0.4, 0.5) is 14.0 Å². The van der Waals surface area contributed by atoms with E-state index in [0.717, 1.165) is 11.2 Å². The third-order valence-electron chi connectivity index (χ3n) is 3.59. The summed E-state index contributed by atoms with van der Waals surface area (Å²) in [6.07, 6.45) is -3.01. The Morgan fingerprint density at radius 3 is 2.50 bits per heavy atom. The number of alkyl halides is 1. The molecule has 2 aliphatic heterocycles. The molecule has 12 heteroatoms. The third kappa shape index (κ3) is 5.68. The lowest BCUT2D eigenvalue weighted by molar-refractivity contribution is -0.0799. The summed E-state index contributed by atoms with van der Waals surface area (Å²) in [5.74, 6) is 0. The predicted octanol–water partition coefficient (Wildman–Crippen LogP) is 0.547. The molecule has 0 saturated carbocycles. The van der Waals surface area contributed by atoms with E-state index in [-0.39, 0.29) is 32.8 Å². The SMILES string of the molecule is CC(C)(C)OC(=O)N1CCN(N2CC(COS(C)(=O)=O)OC2=O)CC1F. The Balaban J connectivity index is 1.90. The van der Waals surface area contributed by atoms with E-state index >= 15 is 0 Å². The number of hydrogen-bond donors (Lipinski definition) is 0. The van der Waals surface area contributed by atoms with E-state index in [2.05, 4.69) is 4.18 Å². The molecule has 2 unspecified atom stereocenters. The summed E-state index contributed by atoms with van der Waals surface area (Å²) in [4.78, 5) is 24.9. The first kappa shape index (κ1) is 20.6. The van der Waals surface area contributed by atoms with Crippen molar-refractivity contribution in [3.05, 3.63) is 0 Å². The van der Waals surface area contributed by atoms with E-state index < -0.39 is 40.3 Å². The molecule has 2 amide bonds. The van der Waals surface area contributed by atoms with Crippen LogP contribution in [0.15, 0.2) is 0 Å². The number of nitrogens with zero attached hydrogens (tertiary/aromatic N) is 3. The molecule has 2 atom stereocenters. The summed E-state index contributed by atoms with van der Waals surface area (Å²) >= 11 is 0. The summed E-state index contributed by atoms with van der Waals surface area (Å²) in [5, 5.41) is 2.61. The van der Waals surface area contributed by atoms with E-state index in [0.29, 0.717) is 0 Å². The zero-order valence-corrected chi connectivity index (χ0v) is 16.0. The number of cyclic esters (lactones) is 1. The first-order valence-electron chi connectivity index (χ1n) is 8.07. The van der Waals surface area contributed by atoms with Gasteiger partial charge in [-0.1, -0.05) is 0 Å². The van der Waals surface area contributed by atoms with Crippen molar-refractivity contribution in [1.82, 2.24) is 14.9 Å². The molecule has 150 valence electrons. The highest BCUT2D eigenvalue weighted by Crippen LogP contribution is 2.21. The van der Waals surface area contributed by atoms with E-state index in [4.69, 9.17) is 9.47 Å². The number of carbonyl (C=O) groups excluding carboxylic acids is 2. The van der Waals surface area contributed by atoms with E-state index in [1.54, 1.807) is 20.8 Å². The zero-order valence-electron chi connectivity index (χ0n) is 15.2. The van der Waals surface area contributed by atoms with Gasteiger partial charge in [-0.05, 0) is 20.8 Å². The van der Waals surface area contributed by atoms with Crippen molar-refractivity contribution in [3.8, 4) is 0 Å². The Morgan fingerprint density at radius 2 is 1.96 bits per heavy atom. The number of hydrazine groups is 1. The highest BCUT2D eigenvalue weighted by atomic mass is 32.2. The predicted molar refractivity (Wildman–Crippen MR) is 87.2 cm³/mol. The lowest BCUT2D eigenvalue weighted by Gasteiger charge is -2.40. The first-order chi connectivity index (χ1) is 11.9. The minimum absolute atomic E-state index is 0.0321. The number of piperazine rings is 1.